The molecule has 0 unspecified atom stereocenters. The van der Waals surface area contributed by atoms with Crippen molar-refractivity contribution < 1.29 is 4.79 Å². The van der Waals surface area contributed by atoms with Crippen molar-refractivity contribution in [3.63, 3.8) is 0 Å². The molecule has 0 saturated heterocycles. The zero-order valence-electron chi connectivity index (χ0n) is 9.11. The van der Waals surface area contributed by atoms with Gasteiger partial charge in [-0.15, -0.1) is 11.3 Å². The summed E-state index contributed by atoms with van der Waals surface area (Å²) in [6, 6.07) is 3.17. The molecule has 0 bridgehead atoms. The number of carbonyl (C=O) groups is 1. The molecule has 17 heavy (non-hydrogen) atoms. The number of halogens is 1. The molecule has 0 aliphatic rings. The Bertz CT molecular complexity index is 541. The first-order chi connectivity index (χ1) is 8.16. The van der Waals surface area contributed by atoms with Gasteiger partial charge in [0.25, 0.3) is 5.91 Å². The quantitative estimate of drug-likeness (QED) is 0.929. The highest BCUT2D eigenvalue weighted by molar-refractivity contribution is 7.09. The fourth-order valence-electron chi connectivity index (χ4n) is 1.28. The Labute approximate surface area is 108 Å². The number of aryl methyl sites for hydroxylation is 1. The zero-order chi connectivity index (χ0) is 12.3. The number of pyridine rings is 1. The van der Waals surface area contributed by atoms with Crippen molar-refractivity contribution in [2.24, 2.45) is 0 Å². The van der Waals surface area contributed by atoms with Crippen LogP contribution < -0.4 is 5.32 Å². The Morgan fingerprint density at radius 3 is 3.00 bits per heavy atom. The Morgan fingerprint density at radius 2 is 2.35 bits per heavy atom. The van der Waals surface area contributed by atoms with E-state index in [4.69, 9.17) is 11.6 Å². The molecule has 0 spiro atoms. The number of carbonyl (C=O) groups excluding carboxylic acids is 1. The summed E-state index contributed by atoms with van der Waals surface area (Å²) in [5, 5.41) is 3.28. The van der Waals surface area contributed by atoms with Crippen LogP contribution in [0.25, 0.3) is 0 Å². The van der Waals surface area contributed by atoms with Crippen molar-refractivity contribution in [1.29, 1.82) is 0 Å². The molecule has 6 heteroatoms. The second-order valence-electron chi connectivity index (χ2n) is 3.40. The van der Waals surface area contributed by atoms with Gasteiger partial charge in [0, 0.05) is 16.1 Å². The van der Waals surface area contributed by atoms with Gasteiger partial charge in [0.15, 0.2) is 0 Å². The van der Waals surface area contributed by atoms with Gasteiger partial charge in [-0.05, 0) is 19.1 Å². The number of nitrogens with zero attached hydrogens (tertiary/aromatic N) is 2. The summed E-state index contributed by atoms with van der Waals surface area (Å²) in [5.41, 5.74) is 3.02. The van der Waals surface area contributed by atoms with E-state index < -0.39 is 0 Å². The van der Waals surface area contributed by atoms with Crippen LogP contribution in [-0.2, 0) is 6.54 Å². The van der Waals surface area contributed by atoms with Crippen LogP contribution in [0.1, 0.15) is 21.1 Å². The van der Waals surface area contributed by atoms with Gasteiger partial charge in [-0.1, -0.05) is 11.6 Å². The second kappa shape index (κ2) is 5.25. The van der Waals surface area contributed by atoms with Crippen LogP contribution in [0.2, 0.25) is 5.02 Å². The summed E-state index contributed by atoms with van der Waals surface area (Å²) in [6.07, 6.45) is 1.51. The summed E-state index contributed by atoms with van der Waals surface area (Å²) in [7, 11) is 0. The van der Waals surface area contributed by atoms with Crippen LogP contribution in [-0.4, -0.2) is 15.9 Å². The molecule has 0 aliphatic carbocycles. The van der Waals surface area contributed by atoms with E-state index in [0.717, 1.165) is 10.6 Å². The van der Waals surface area contributed by atoms with Gasteiger partial charge in [-0.3, -0.25) is 9.78 Å². The number of rotatable bonds is 3. The van der Waals surface area contributed by atoms with Crippen molar-refractivity contribution in [3.05, 3.63) is 45.1 Å². The smallest absolute Gasteiger partial charge is 0.270 e. The van der Waals surface area contributed by atoms with Crippen LogP contribution in [0.3, 0.4) is 0 Å². The summed E-state index contributed by atoms with van der Waals surface area (Å²) in [6.45, 7) is 2.37. The van der Waals surface area contributed by atoms with Gasteiger partial charge in [0.2, 0.25) is 0 Å². The average Bonchev–Trinajstić information content (AvgIpc) is 2.72. The highest BCUT2D eigenvalue weighted by Crippen LogP contribution is 2.12. The number of amides is 1. The first kappa shape index (κ1) is 12.0. The third-order valence-electron chi connectivity index (χ3n) is 2.21. The maximum Gasteiger partial charge on any atom is 0.270 e. The molecule has 2 rings (SSSR count). The normalized spacial score (nSPS) is 10.2. The molecule has 2 heterocycles. The van der Waals surface area contributed by atoms with Gasteiger partial charge < -0.3 is 5.32 Å². The minimum atomic E-state index is -0.236. The molecule has 2 aromatic rings. The van der Waals surface area contributed by atoms with Gasteiger partial charge in [-0.2, -0.15) is 0 Å². The molecule has 0 aromatic carbocycles. The van der Waals surface area contributed by atoms with E-state index in [9.17, 15) is 4.79 Å². The van der Waals surface area contributed by atoms with Crippen LogP contribution >= 0.6 is 22.9 Å². The first-order valence-electron chi connectivity index (χ1n) is 4.95. The predicted molar refractivity (Wildman–Crippen MR) is 67.3 cm³/mol. The number of aromatic nitrogens is 2. The Morgan fingerprint density at radius 1 is 1.53 bits per heavy atom. The fourth-order valence-corrected chi connectivity index (χ4v) is 2.15. The molecule has 0 fully saturated rings. The van der Waals surface area contributed by atoms with Gasteiger partial charge in [0.05, 0.1) is 17.7 Å². The number of thiazole rings is 1. The minimum Gasteiger partial charge on any atom is -0.346 e. The zero-order valence-corrected chi connectivity index (χ0v) is 10.7. The lowest BCUT2D eigenvalue weighted by Crippen LogP contribution is -2.23. The van der Waals surface area contributed by atoms with Gasteiger partial charge in [-0.25, -0.2) is 4.98 Å². The highest BCUT2D eigenvalue weighted by atomic mass is 35.5. The molecular formula is C11H10ClN3OS. The van der Waals surface area contributed by atoms with Crippen molar-refractivity contribution >= 4 is 28.8 Å². The maximum absolute atomic E-state index is 11.8. The molecule has 1 N–H and O–H groups in total. The molecule has 2 aromatic heterocycles. The lowest BCUT2D eigenvalue weighted by atomic mass is 10.3. The average molecular weight is 268 g/mol. The van der Waals surface area contributed by atoms with Crippen molar-refractivity contribution in [1.82, 2.24) is 15.3 Å². The predicted octanol–water partition coefficient (Wildman–Crippen LogP) is 2.43. The third kappa shape index (κ3) is 3.01. The topological polar surface area (TPSA) is 54.9 Å². The summed E-state index contributed by atoms with van der Waals surface area (Å²) >= 11 is 7.30. The molecule has 0 saturated carbocycles. The summed E-state index contributed by atoms with van der Waals surface area (Å²) < 4.78 is 0. The Hall–Kier alpha value is -1.46. The van der Waals surface area contributed by atoms with Gasteiger partial charge in [0.1, 0.15) is 5.69 Å². The fraction of sp³-hybridized carbons (Fsp3) is 0.182. The Balaban J connectivity index is 2.01. The van der Waals surface area contributed by atoms with Crippen LogP contribution in [0.15, 0.2) is 23.8 Å². The lowest BCUT2D eigenvalue weighted by molar-refractivity contribution is 0.0946. The molecule has 0 atom stereocenters. The standard InChI is InChI=1S/C11H10ClN3OS/c1-7-10(17-6-15-7)5-14-11(16)9-4-8(12)2-3-13-9/h2-4,6H,5H2,1H3,(H,14,16). The van der Waals surface area contributed by atoms with Crippen molar-refractivity contribution in [2.75, 3.05) is 0 Å². The van der Waals surface area contributed by atoms with E-state index in [1.54, 1.807) is 11.6 Å². The number of nitrogens with one attached hydrogen (secondary N) is 1. The molecule has 1 amide bonds. The van der Waals surface area contributed by atoms with Crippen LogP contribution in [0.5, 0.6) is 0 Å². The second-order valence-corrected chi connectivity index (χ2v) is 4.78. The third-order valence-corrected chi connectivity index (χ3v) is 3.38. The maximum atomic E-state index is 11.8. The first-order valence-corrected chi connectivity index (χ1v) is 6.21. The van der Waals surface area contributed by atoms with E-state index in [0.29, 0.717) is 17.3 Å². The van der Waals surface area contributed by atoms with Crippen LogP contribution in [0, 0.1) is 6.92 Å². The molecule has 4 nitrogen and oxygen atoms in total. The van der Waals surface area contributed by atoms with E-state index in [1.807, 2.05) is 6.92 Å². The summed E-state index contributed by atoms with van der Waals surface area (Å²) in [4.78, 5) is 20.9. The molecule has 88 valence electrons. The van der Waals surface area contributed by atoms with E-state index in [-0.39, 0.29) is 5.91 Å². The SMILES string of the molecule is Cc1ncsc1CNC(=O)c1cc(Cl)ccn1. The van der Waals surface area contributed by atoms with Crippen molar-refractivity contribution in [3.8, 4) is 0 Å². The molecule has 0 radical (unpaired) electrons. The van der Waals surface area contributed by atoms with E-state index in [2.05, 4.69) is 15.3 Å². The van der Waals surface area contributed by atoms with Crippen LogP contribution in [0.4, 0.5) is 0 Å². The summed E-state index contributed by atoms with van der Waals surface area (Å²) in [5.74, 6) is -0.236. The lowest BCUT2D eigenvalue weighted by Gasteiger charge is -2.03. The molecular weight excluding hydrogens is 258 g/mol. The minimum absolute atomic E-state index is 0.236. The van der Waals surface area contributed by atoms with E-state index in [1.165, 1.54) is 23.6 Å². The number of hydrogen-bond donors (Lipinski definition) is 1. The largest absolute Gasteiger partial charge is 0.346 e. The van der Waals surface area contributed by atoms with E-state index >= 15 is 0 Å². The molecule has 0 aliphatic heterocycles. The Kier molecular flexibility index (Phi) is 3.71. The number of hydrogen-bond acceptors (Lipinski definition) is 4. The van der Waals surface area contributed by atoms with Crippen molar-refractivity contribution in [2.45, 2.75) is 13.5 Å². The van der Waals surface area contributed by atoms with Gasteiger partial charge >= 0.3 is 0 Å². The monoisotopic (exact) mass is 267 g/mol. The highest BCUT2D eigenvalue weighted by Gasteiger charge is 2.08.